The molecule has 0 amide bonds. The maximum absolute atomic E-state index is 4.18. The Morgan fingerprint density at radius 2 is 2.06 bits per heavy atom. The van der Waals surface area contributed by atoms with Crippen LogP contribution in [0, 0.1) is 18.8 Å². The van der Waals surface area contributed by atoms with Crippen molar-refractivity contribution < 1.29 is 0 Å². The zero-order valence-corrected chi connectivity index (χ0v) is 11.1. The van der Waals surface area contributed by atoms with Gasteiger partial charge in [0.1, 0.15) is 0 Å². The Balaban J connectivity index is 1.71. The van der Waals surface area contributed by atoms with Gasteiger partial charge in [0.25, 0.3) is 0 Å². The molecule has 2 nitrogen and oxygen atoms in total. The van der Waals surface area contributed by atoms with E-state index in [4.69, 9.17) is 0 Å². The number of nitrogens with zero attached hydrogens (tertiary/aromatic N) is 1. The standard InChI is InChI=1S/C15H24N2/c1-12-3-5-14(6-4-12)9-17-11-15-10-16-8-7-13(15)2/h7-8,10,12,14,17H,3-6,9,11H2,1-2H3. The fourth-order valence-corrected chi connectivity index (χ4v) is 2.63. The summed E-state index contributed by atoms with van der Waals surface area (Å²) in [6, 6.07) is 2.08. The summed E-state index contributed by atoms with van der Waals surface area (Å²) < 4.78 is 0. The molecule has 17 heavy (non-hydrogen) atoms. The summed E-state index contributed by atoms with van der Waals surface area (Å²) in [5.41, 5.74) is 2.67. The molecule has 0 aromatic carbocycles. The van der Waals surface area contributed by atoms with Crippen LogP contribution in [0.3, 0.4) is 0 Å². The largest absolute Gasteiger partial charge is 0.312 e. The molecule has 94 valence electrons. The van der Waals surface area contributed by atoms with Crippen LogP contribution in [0.5, 0.6) is 0 Å². The lowest BCUT2D eigenvalue weighted by atomic mass is 9.83. The van der Waals surface area contributed by atoms with Gasteiger partial charge in [0.15, 0.2) is 0 Å². The minimum Gasteiger partial charge on any atom is -0.312 e. The van der Waals surface area contributed by atoms with Gasteiger partial charge in [-0.25, -0.2) is 0 Å². The topological polar surface area (TPSA) is 24.9 Å². The highest BCUT2D eigenvalue weighted by Crippen LogP contribution is 2.27. The first-order valence-electron chi connectivity index (χ1n) is 6.86. The minimum absolute atomic E-state index is 0.892. The Morgan fingerprint density at radius 3 is 2.76 bits per heavy atom. The molecule has 1 aromatic rings. The molecule has 0 spiro atoms. The van der Waals surface area contributed by atoms with Gasteiger partial charge in [-0.05, 0) is 55.3 Å². The molecular formula is C15H24N2. The van der Waals surface area contributed by atoms with Crippen LogP contribution in [0.25, 0.3) is 0 Å². The molecule has 0 bridgehead atoms. The van der Waals surface area contributed by atoms with E-state index in [1.165, 1.54) is 43.4 Å². The fraction of sp³-hybridized carbons (Fsp3) is 0.667. The van der Waals surface area contributed by atoms with Crippen LogP contribution < -0.4 is 5.32 Å². The molecule has 2 rings (SSSR count). The van der Waals surface area contributed by atoms with Crippen molar-refractivity contribution in [1.29, 1.82) is 0 Å². The van der Waals surface area contributed by atoms with E-state index in [0.29, 0.717) is 0 Å². The zero-order chi connectivity index (χ0) is 12.1. The van der Waals surface area contributed by atoms with E-state index in [0.717, 1.165) is 18.4 Å². The van der Waals surface area contributed by atoms with Crippen LogP contribution in [-0.4, -0.2) is 11.5 Å². The average Bonchev–Trinajstić information content (AvgIpc) is 2.34. The molecule has 1 aliphatic carbocycles. The highest BCUT2D eigenvalue weighted by molar-refractivity contribution is 5.20. The first kappa shape index (κ1) is 12.6. The van der Waals surface area contributed by atoms with Crippen LogP contribution in [0.1, 0.15) is 43.7 Å². The molecule has 1 saturated carbocycles. The van der Waals surface area contributed by atoms with E-state index < -0.39 is 0 Å². The van der Waals surface area contributed by atoms with Crippen LogP contribution in [0.4, 0.5) is 0 Å². The van der Waals surface area contributed by atoms with Crippen molar-refractivity contribution >= 4 is 0 Å². The maximum atomic E-state index is 4.18. The molecule has 0 saturated heterocycles. The molecule has 0 unspecified atom stereocenters. The van der Waals surface area contributed by atoms with E-state index in [2.05, 4.69) is 30.2 Å². The Hall–Kier alpha value is -0.890. The maximum Gasteiger partial charge on any atom is 0.0315 e. The van der Waals surface area contributed by atoms with Crippen LogP contribution in [-0.2, 0) is 6.54 Å². The first-order valence-corrected chi connectivity index (χ1v) is 6.86. The fourth-order valence-electron chi connectivity index (χ4n) is 2.63. The number of pyridine rings is 1. The second-order valence-electron chi connectivity index (χ2n) is 5.56. The predicted octanol–water partition coefficient (Wildman–Crippen LogP) is 3.31. The second-order valence-corrected chi connectivity index (χ2v) is 5.56. The van der Waals surface area contributed by atoms with Gasteiger partial charge in [-0.3, -0.25) is 4.98 Å². The smallest absolute Gasteiger partial charge is 0.0315 e. The van der Waals surface area contributed by atoms with Gasteiger partial charge < -0.3 is 5.32 Å². The lowest BCUT2D eigenvalue weighted by Crippen LogP contribution is -2.26. The van der Waals surface area contributed by atoms with Gasteiger partial charge in [0.2, 0.25) is 0 Å². The van der Waals surface area contributed by atoms with Crippen LogP contribution in [0.2, 0.25) is 0 Å². The van der Waals surface area contributed by atoms with Crippen molar-refractivity contribution in [3.05, 3.63) is 29.6 Å². The average molecular weight is 232 g/mol. The van der Waals surface area contributed by atoms with E-state index in [1.54, 1.807) is 0 Å². The molecule has 1 heterocycles. The van der Waals surface area contributed by atoms with Crippen molar-refractivity contribution in [3.63, 3.8) is 0 Å². The van der Waals surface area contributed by atoms with Crippen molar-refractivity contribution in [2.24, 2.45) is 11.8 Å². The summed E-state index contributed by atoms with van der Waals surface area (Å²) in [7, 11) is 0. The van der Waals surface area contributed by atoms with Gasteiger partial charge in [0.05, 0.1) is 0 Å². The Labute approximate surface area is 105 Å². The summed E-state index contributed by atoms with van der Waals surface area (Å²) in [6.07, 6.45) is 9.48. The van der Waals surface area contributed by atoms with E-state index in [1.807, 2.05) is 12.4 Å². The number of hydrogen-bond acceptors (Lipinski definition) is 2. The molecule has 1 aromatic heterocycles. The Morgan fingerprint density at radius 1 is 1.29 bits per heavy atom. The summed E-state index contributed by atoms with van der Waals surface area (Å²) in [5, 5.41) is 3.59. The monoisotopic (exact) mass is 232 g/mol. The van der Waals surface area contributed by atoms with Gasteiger partial charge in [-0.1, -0.05) is 19.8 Å². The summed E-state index contributed by atoms with van der Waals surface area (Å²) in [6.45, 7) is 6.66. The highest BCUT2D eigenvalue weighted by atomic mass is 14.9. The van der Waals surface area contributed by atoms with Crippen LogP contribution >= 0.6 is 0 Å². The number of nitrogens with one attached hydrogen (secondary N) is 1. The molecule has 0 atom stereocenters. The van der Waals surface area contributed by atoms with E-state index in [9.17, 15) is 0 Å². The SMILES string of the molecule is Cc1ccncc1CNCC1CCC(C)CC1. The van der Waals surface area contributed by atoms with Gasteiger partial charge in [0, 0.05) is 18.9 Å². The summed E-state index contributed by atoms with van der Waals surface area (Å²) in [5.74, 6) is 1.84. The van der Waals surface area contributed by atoms with Gasteiger partial charge in [-0.15, -0.1) is 0 Å². The van der Waals surface area contributed by atoms with Crippen molar-refractivity contribution in [2.45, 2.75) is 46.1 Å². The Bertz CT molecular complexity index is 341. The van der Waals surface area contributed by atoms with Crippen molar-refractivity contribution in [3.8, 4) is 0 Å². The second kappa shape index (κ2) is 6.15. The molecule has 0 aliphatic heterocycles. The first-order chi connectivity index (χ1) is 8.25. The molecule has 2 heteroatoms. The third kappa shape index (κ3) is 3.81. The minimum atomic E-state index is 0.892. The third-order valence-corrected chi connectivity index (χ3v) is 4.03. The highest BCUT2D eigenvalue weighted by Gasteiger charge is 2.17. The van der Waals surface area contributed by atoms with Gasteiger partial charge in [-0.2, -0.15) is 0 Å². The van der Waals surface area contributed by atoms with Gasteiger partial charge >= 0.3 is 0 Å². The third-order valence-electron chi connectivity index (χ3n) is 4.03. The normalized spacial score (nSPS) is 24.8. The predicted molar refractivity (Wildman–Crippen MR) is 71.8 cm³/mol. The molecular weight excluding hydrogens is 208 g/mol. The van der Waals surface area contributed by atoms with Crippen molar-refractivity contribution in [2.75, 3.05) is 6.54 Å². The summed E-state index contributed by atoms with van der Waals surface area (Å²) in [4.78, 5) is 4.18. The number of hydrogen-bond donors (Lipinski definition) is 1. The zero-order valence-electron chi connectivity index (χ0n) is 11.1. The van der Waals surface area contributed by atoms with Crippen LogP contribution in [0.15, 0.2) is 18.5 Å². The summed E-state index contributed by atoms with van der Waals surface area (Å²) >= 11 is 0. The number of aromatic nitrogens is 1. The van der Waals surface area contributed by atoms with E-state index in [-0.39, 0.29) is 0 Å². The molecule has 1 aliphatic rings. The van der Waals surface area contributed by atoms with E-state index >= 15 is 0 Å². The number of rotatable bonds is 4. The van der Waals surface area contributed by atoms with Crippen molar-refractivity contribution in [1.82, 2.24) is 10.3 Å². The number of aryl methyl sites for hydroxylation is 1. The lowest BCUT2D eigenvalue weighted by molar-refractivity contribution is 0.281. The lowest BCUT2D eigenvalue weighted by Gasteiger charge is -2.26. The Kier molecular flexibility index (Phi) is 4.55. The molecule has 0 radical (unpaired) electrons. The molecule has 1 N–H and O–H groups in total. The molecule has 1 fully saturated rings. The quantitative estimate of drug-likeness (QED) is 0.861.